The van der Waals surface area contributed by atoms with E-state index in [1.807, 2.05) is 13.0 Å². The molecule has 0 fully saturated rings. The van der Waals surface area contributed by atoms with Gasteiger partial charge in [0.2, 0.25) is 0 Å². The van der Waals surface area contributed by atoms with Crippen molar-refractivity contribution >= 4 is 35.5 Å². The average Bonchev–Trinajstić information content (AvgIpc) is 3.07. The maximum atomic E-state index is 13.3. The van der Waals surface area contributed by atoms with E-state index in [4.69, 9.17) is 4.74 Å². The first-order valence-electron chi connectivity index (χ1n) is 11.9. The first-order chi connectivity index (χ1) is 16.1. The molecule has 1 amide bonds. The topological polar surface area (TPSA) is 62.2 Å². The van der Waals surface area contributed by atoms with Gasteiger partial charge < -0.3 is 9.64 Å². The minimum Gasteiger partial charge on any atom is -0.429 e. The Morgan fingerprint density at radius 1 is 0.971 bits per heavy atom. The second-order valence-electron chi connectivity index (χ2n) is 10.8. The number of anilines is 2. The van der Waals surface area contributed by atoms with Crippen molar-refractivity contribution in [1.82, 2.24) is 0 Å². The summed E-state index contributed by atoms with van der Waals surface area (Å²) in [7, 11) is 0. The van der Waals surface area contributed by atoms with E-state index in [9.17, 15) is 9.59 Å². The lowest BCUT2D eigenvalue weighted by atomic mass is 9.69. The van der Waals surface area contributed by atoms with Crippen LogP contribution in [0.2, 0.25) is 0 Å². The number of nitrogens with zero attached hydrogens (tertiary/aromatic N) is 3. The molecule has 0 atom stereocenters. The minimum atomic E-state index is -0.159. The Morgan fingerprint density at radius 3 is 2.12 bits per heavy atom. The first-order valence-corrected chi connectivity index (χ1v) is 11.9. The zero-order chi connectivity index (χ0) is 24.3. The summed E-state index contributed by atoms with van der Waals surface area (Å²) in [5, 5.41) is 5.92. The lowest BCUT2D eigenvalue weighted by Gasteiger charge is -2.48. The Bertz CT molecular complexity index is 1200. The van der Waals surface area contributed by atoms with E-state index >= 15 is 0 Å². The summed E-state index contributed by atoms with van der Waals surface area (Å²) in [6.45, 7) is 13.7. The number of amides is 1. The number of hydrogen-bond acceptors (Lipinski definition) is 5. The van der Waals surface area contributed by atoms with Crippen LogP contribution in [0, 0.1) is 0 Å². The van der Waals surface area contributed by atoms with Gasteiger partial charge in [0, 0.05) is 18.8 Å². The van der Waals surface area contributed by atoms with E-state index < -0.39 is 0 Å². The van der Waals surface area contributed by atoms with Crippen LogP contribution in [0.3, 0.4) is 0 Å². The summed E-state index contributed by atoms with van der Waals surface area (Å²) in [4.78, 5) is 26.4. The Balaban J connectivity index is 1.55. The maximum Gasteiger partial charge on any atom is 0.298 e. The zero-order valence-electron chi connectivity index (χ0n) is 20.5. The number of benzene rings is 2. The molecule has 34 heavy (non-hydrogen) atoms. The molecular weight excluding hydrogens is 426 g/mol. The molecule has 0 radical (unpaired) electrons. The van der Waals surface area contributed by atoms with Crippen molar-refractivity contribution in [3.05, 3.63) is 58.7 Å². The lowest BCUT2D eigenvalue weighted by Crippen LogP contribution is -2.44. The first kappa shape index (κ1) is 22.4. The fourth-order valence-electron chi connectivity index (χ4n) is 5.29. The van der Waals surface area contributed by atoms with Crippen LogP contribution in [0.4, 0.5) is 11.4 Å². The van der Waals surface area contributed by atoms with Gasteiger partial charge >= 0.3 is 0 Å². The van der Waals surface area contributed by atoms with Gasteiger partial charge in [-0.3, -0.25) is 9.59 Å². The summed E-state index contributed by atoms with van der Waals surface area (Å²) in [5.41, 5.74) is 7.28. The molecule has 176 valence electrons. The van der Waals surface area contributed by atoms with E-state index in [1.165, 1.54) is 21.8 Å². The molecule has 2 aromatic rings. The van der Waals surface area contributed by atoms with Gasteiger partial charge in [-0.25, -0.2) is 0 Å². The molecule has 0 unspecified atom stereocenters. The summed E-state index contributed by atoms with van der Waals surface area (Å²) >= 11 is 0. The van der Waals surface area contributed by atoms with Gasteiger partial charge in [-0.1, -0.05) is 27.7 Å². The van der Waals surface area contributed by atoms with Crippen molar-refractivity contribution in [3.8, 4) is 5.75 Å². The third kappa shape index (κ3) is 3.61. The third-order valence-corrected chi connectivity index (χ3v) is 7.56. The van der Waals surface area contributed by atoms with Crippen molar-refractivity contribution in [2.45, 2.75) is 58.3 Å². The van der Waals surface area contributed by atoms with Crippen LogP contribution in [0.25, 0.3) is 6.08 Å². The molecular formula is C28H31N3O3. The smallest absolute Gasteiger partial charge is 0.298 e. The van der Waals surface area contributed by atoms with Gasteiger partial charge in [0.05, 0.1) is 17.0 Å². The molecule has 3 aliphatic rings. The lowest BCUT2D eigenvalue weighted by molar-refractivity contribution is -0.120. The van der Waals surface area contributed by atoms with Crippen LogP contribution in [0.1, 0.15) is 64.2 Å². The van der Waals surface area contributed by atoms with Crippen molar-refractivity contribution in [3.63, 3.8) is 0 Å². The van der Waals surface area contributed by atoms with Crippen LogP contribution in [0.15, 0.2) is 47.1 Å². The van der Waals surface area contributed by atoms with Gasteiger partial charge in [-0.2, -0.15) is 10.1 Å². The molecule has 0 aromatic heterocycles. The van der Waals surface area contributed by atoms with Gasteiger partial charge in [0.15, 0.2) is 0 Å². The highest BCUT2D eigenvalue weighted by atomic mass is 16.5. The molecule has 6 nitrogen and oxygen atoms in total. The van der Waals surface area contributed by atoms with E-state index in [1.54, 1.807) is 24.3 Å². The predicted octanol–water partition coefficient (Wildman–Crippen LogP) is 5.20. The van der Waals surface area contributed by atoms with Gasteiger partial charge in [-0.05, 0) is 89.8 Å². The van der Waals surface area contributed by atoms with Crippen LogP contribution >= 0.6 is 0 Å². The number of rotatable bonds is 4. The Morgan fingerprint density at radius 2 is 1.56 bits per heavy atom. The fourth-order valence-corrected chi connectivity index (χ4v) is 5.29. The van der Waals surface area contributed by atoms with E-state index in [2.05, 4.69) is 49.8 Å². The minimum absolute atomic E-state index is 0.0860. The molecule has 3 aliphatic heterocycles. The number of hydrogen-bond donors (Lipinski definition) is 0. The number of carbonyl (C=O) groups excluding carboxylic acids is 2. The zero-order valence-corrected chi connectivity index (χ0v) is 20.5. The largest absolute Gasteiger partial charge is 0.429 e. The molecule has 3 heterocycles. The fraction of sp³-hybridized carbons (Fsp3) is 0.393. The number of ether oxygens (including phenoxy) is 1. The van der Waals surface area contributed by atoms with Crippen molar-refractivity contribution < 1.29 is 14.3 Å². The molecule has 0 aliphatic carbocycles. The highest BCUT2D eigenvalue weighted by Gasteiger charge is 2.40. The molecule has 0 bridgehead atoms. The van der Waals surface area contributed by atoms with Crippen LogP contribution in [-0.2, 0) is 20.4 Å². The average molecular weight is 458 g/mol. The monoisotopic (exact) mass is 457 g/mol. The third-order valence-electron chi connectivity index (χ3n) is 7.56. The van der Waals surface area contributed by atoms with Crippen molar-refractivity contribution in [2.24, 2.45) is 5.10 Å². The molecule has 0 N–H and O–H groups in total. The van der Waals surface area contributed by atoms with Gasteiger partial charge in [0.25, 0.3) is 12.4 Å². The molecule has 0 saturated heterocycles. The second kappa shape index (κ2) is 7.83. The van der Waals surface area contributed by atoms with Crippen LogP contribution in [0.5, 0.6) is 5.75 Å². The Hall–Kier alpha value is -3.41. The molecule has 0 saturated carbocycles. The standard InChI is InChI=1S/C28H31N3O3/c1-18-22(26(33)31(29-18)20-6-8-21(9-7-20)34-17-32)14-19-15-23-25-24(16-19)28(4,5)11-13-30(25)12-10-27(23,2)3/h6-9,14-17H,10-13H2,1-5H3/b22-14-. The summed E-state index contributed by atoms with van der Waals surface area (Å²) in [6, 6.07) is 11.3. The molecule has 0 spiro atoms. The van der Waals surface area contributed by atoms with Gasteiger partial charge in [-0.15, -0.1) is 0 Å². The molecule has 6 heteroatoms. The summed E-state index contributed by atoms with van der Waals surface area (Å²) in [6.07, 6.45) is 4.23. The van der Waals surface area contributed by atoms with E-state index in [-0.39, 0.29) is 16.7 Å². The van der Waals surface area contributed by atoms with E-state index in [0.717, 1.165) is 31.5 Å². The quantitative estimate of drug-likeness (QED) is 0.468. The summed E-state index contributed by atoms with van der Waals surface area (Å²) in [5.74, 6) is 0.261. The van der Waals surface area contributed by atoms with E-state index in [0.29, 0.717) is 29.2 Å². The second-order valence-corrected chi connectivity index (χ2v) is 10.8. The highest BCUT2D eigenvalue weighted by molar-refractivity contribution is 6.32. The summed E-state index contributed by atoms with van der Waals surface area (Å²) < 4.78 is 4.85. The normalized spacial score (nSPS) is 21.4. The Labute approximate surface area is 200 Å². The van der Waals surface area contributed by atoms with Gasteiger partial charge in [0.1, 0.15) is 5.75 Å². The SMILES string of the molecule is CC1=NN(c2ccc(OC=O)cc2)C(=O)/C1=C\c1cc2c3c(c1)C(C)(C)CCN3CCC2(C)C. The Kier molecular flexibility index (Phi) is 5.15. The molecule has 2 aromatic carbocycles. The van der Waals surface area contributed by atoms with Crippen LogP contribution in [-0.4, -0.2) is 31.2 Å². The number of hydrazone groups is 1. The molecule has 5 rings (SSSR count). The van der Waals surface area contributed by atoms with Crippen LogP contribution < -0.4 is 14.6 Å². The predicted molar refractivity (Wildman–Crippen MR) is 136 cm³/mol. The maximum absolute atomic E-state index is 13.3. The number of carbonyl (C=O) groups is 2. The van der Waals surface area contributed by atoms with Crippen molar-refractivity contribution in [1.29, 1.82) is 0 Å². The highest BCUT2D eigenvalue weighted by Crippen LogP contribution is 2.49. The van der Waals surface area contributed by atoms with Crippen molar-refractivity contribution in [2.75, 3.05) is 23.0 Å².